The third-order valence-electron chi connectivity index (χ3n) is 4.08. The van der Waals surface area contributed by atoms with Crippen LogP contribution in [0.3, 0.4) is 0 Å². The highest BCUT2D eigenvalue weighted by Gasteiger charge is 2.14. The number of benzene rings is 2. The van der Waals surface area contributed by atoms with Crippen molar-refractivity contribution in [1.29, 1.82) is 0 Å². The van der Waals surface area contributed by atoms with Gasteiger partial charge >= 0.3 is 11.6 Å². The van der Waals surface area contributed by atoms with Crippen molar-refractivity contribution in [3.8, 4) is 27.6 Å². The van der Waals surface area contributed by atoms with Crippen LogP contribution in [0.5, 0.6) is 5.75 Å². The van der Waals surface area contributed by atoms with Gasteiger partial charge in [-0.3, -0.25) is 14.9 Å². The van der Waals surface area contributed by atoms with Crippen LogP contribution in [0.25, 0.3) is 32.8 Å². The molecule has 0 radical (unpaired) electrons. The molecule has 0 atom stereocenters. The number of nitro groups is 1. The summed E-state index contributed by atoms with van der Waals surface area (Å²) < 4.78 is 10.4. The molecule has 8 nitrogen and oxygen atoms in total. The molecule has 4 aromatic rings. The van der Waals surface area contributed by atoms with Crippen molar-refractivity contribution < 1.29 is 18.9 Å². The molecule has 144 valence electrons. The van der Waals surface area contributed by atoms with Crippen LogP contribution in [-0.2, 0) is 4.79 Å². The maximum Gasteiger partial charge on any atom is 0.346 e. The van der Waals surface area contributed by atoms with Crippen molar-refractivity contribution in [1.82, 2.24) is 4.98 Å². The molecule has 29 heavy (non-hydrogen) atoms. The molecule has 0 saturated carbocycles. The average molecular weight is 408 g/mol. The second kappa shape index (κ2) is 7.28. The molecular formula is C20H12N2O6S. The van der Waals surface area contributed by atoms with Crippen molar-refractivity contribution >= 4 is 34.0 Å². The SMILES string of the molecule is CC(=O)Oc1ccc2cc(-c3nc(-c4ccc([N+](=O)[O-])cc4)cs3)c(=O)oc2c1. The predicted octanol–water partition coefficient (Wildman–Crippen LogP) is 4.42. The molecular weight excluding hydrogens is 396 g/mol. The van der Waals surface area contributed by atoms with E-state index in [1.807, 2.05) is 0 Å². The molecule has 0 unspecified atom stereocenters. The van der Waals surface area contributed by atoms with Crippen molar-refractivity contribution in [3.05, 3.63) is 74.4 Å². The molecule has 0 aliphatic rings. The molecule has 2 aromatic heterocycles. The van der Waals surface area contributed by atoms with Gasteiger partial charge in [0.25, 0.3) is 5.69 Å². The molecule has 0 amide bonds. The van der Waals surface area contributed by atoms with E-state index in [2.05, 4.69) is 4.98 Å². The summed E-state index contributed by atoms with van der Waals surface area (Å²) in [4.78, 5) is 38.3. The Balaban J connectivity index is 1.69. The molecule has 9 heteroatoms. The van der Waals surface area contributed by atoms with Gasteiger partial charge in [-0.15, -0.1) is 11.3 Å². The van der Waals surface area contributed by atoms with E-state index in [-0.39, 0.29) is 11.4 Å². The third kappa shape index (κ3) is 3.76. The summed E-state index contributed by atoms with van der Waals surface area (Å²) in [7, 11) is 0. The number of esters is 1. The van der Waals surface area contributed by atoms with E-state index in [1.54, 1.807) is 35.7 Å². The van der Waals surface area contributed by atoms with E-state index in [1.165, 1.54) is 36.5 Å². The largest absolute Gasteiger partial charge is 0.427 e. The van der Waals surface area contributed by atoms with Crippen LogP contribution >= 0.6 is 11.3 Å². The second-order valence-electron chi connectivity index (χ2n) is 6.08. The number of nitrogens with zero attached hydrogens (tertiary/aromatic N) is 2. The van der Waals surface area contributed by atoms with E-state index in [9.17, 15) is 19.7 Å². The third-order valence-corrected chi connectivity index (χ3v) is 4.95. The summed E-state index contributed by atoms with van der Waals surface area (Å²) in [6.45, 7) is 1.29. The van der Waals surface area contributed by atoms with Gasteiger partial charge in [0.15, 0.2) is 0 Å². The summed E-state index contributed by atoms with van der Waals surface area (Å²) in [5.74, 6) is -0.180. The van der Waals surface area contributed by atoms with Crippen LogP contribution < -0.4 is 10.4 Å². The fourth-order valence-electron chi connectivity index (χ4n) is 2.75. The van der Waals surface area contributed by atoms with Crippen LogP contribution in [0.15, 0.2) is 63.1 Å². The highest BCUT2D eigenvalue weighted by Crippen LogP contribution is 2.30. The van der Waals surface area contributed by atoms with E-state index < -0.39 is 16.5 Å². The smallest absolute Gasteiger partial charge is 0.346 e. The minimum Gasteiger partial charge on any atom is -0.427 e. The number of fused-ring (bicyclic) bond motifs is 1. The zero-order valence-electron chi connectivity index (χ0n) is 14.9. The van der Waals surface area contributed by atoms with Gasteiger partial charge in [-0.25, -0.2) is 9.78 Å². The van der Waals surface area contributed by atoms with Gasteiger partial charge in [-0.2, -0.15) is 0 Å². The number of carbonyl (C=O) groups is 1. The number of ether oxygens (including phenoxy) is 1. The van der Waals surface area contributed by atoms with E-state index in [0.29, 0.717) is 32.8 Å². The molecule has 2 aromatic carbocycles. The van der Waals surface area contributed by atoms with Gasteiger partial charge < -0.3 is 9.15 Å². The monoisotopic (exact) mass is 408 g/mol. The van der Waals surface area contributed by atoms with Crippen LogP contribution in [-0.4, -0.2) is 15.9 Å². The first-order valence-electron chi connectivity index (χ1n) is 8.38. The lowest BCUT2D eigenvalue weighted by Gasteiger charge is -2.03. The van der Waals surface area contributed by atoms with Crippen molar-refractivity contribution in [2.24, 2.45) is 0 Å². The molecule has 2 heterocycles. The molecule has 4 rings (SSSR count). The number of hydrogen-bond donors (Lipinski definition) is 0. The zero-order valence-corrected chi connectivity index (χ0v) is 15.8. The minimum absolute atomic E-state index is 0.00695. The van der Waals surface area contributed by atoms with Crippen molar-refractivity contribution in [3.63, 3.8) is 0 Å². The standard InChI is InChI=1S/C20H12N2O6S/c1-11(23)27-15-7-4-13-8-16(20(24)28-18(13)9-15)19-21-17(10-29-19)12-2-5-14(6-3-12)22(25)26/h2-10H,1H3. The molecule has 0 saturated heterocycles. The number of carbonyl (C=O) groups excluding carboxylic acids is 1. The van der Waals surface area contributed by atoms with Gasteiger partial charge in [0, 0.05) is 41.5 Å². The van der Waals surface area contributed by atoms with E-state index in [4.69, 9.17) is 9.15 Å². The Morgan fingerprint density at radius 2 is 1.93 bits per heavy atom. The highest BCUT2D eigenvalue weighted by molar-refractivity contribution is 7.13. The second-order valence-corrected chi connectivity index (χ2v) is 6.94. The quantitative estimate of drug-likeness (QED) is 0.161. The molecule has 0 aliphatic carbocycles. The van der Waals surface area contributed by atoms with E-state index >= 15 is 0 Å². The van der Waals surface area contributed by atoms with Gasteiger partial charge in [0.1, 0.15) is 16.3 Å². The number of nitro benzene ring substituents is 1. The number of rotatable bonds is 4. The Labute approximate surface area is 167 Å². The predicted molar refractivity (Wildman–Crippen MR) is 107 cm³/mol. The van der Waals surface area contributed by atoms with E-state index in [0.717, 1.165) is 0 Å². The Kier molecular flexibility index (Phi) is 4.65. The Morgan fingerprint density at radius 3 is 2.62 bits per heavy atom. The lowest BCUT2D eigenvalue weighted by Crippen LogP contribution is -2.04. The summed E-state index contributed by atoms with van der Waals surface area (Å²) in [5, 5.41) is 13.7. The first kappa shape index (κ1) is 18.5. The van der Waals surface area contributed by atoms with Crippen LogP contribution in [0.1, 0.15) is 6.92 Å². The first-order chi connectivity index (χ1) is 13.9. The summed E-state index contributed by atoms with van der Waals surface area (Å²) in [5.41, 5.74) is 1.33. The molecule has 0 bridgehead atoms. The van der Waals surface area contributed by atoms with Gasteiger partial charge in [-0.1, -0.05) is 0 Å². The van der Waals surface area contributed by atoms with Crippen molar-refractivity contribution in [2.45, 2.75) is 6.92 Å². The lowest BCUT2D eigenvalue weighted by molar-refractivity contribution is -0.384. The Morgan fingerprint density at radius 1 is 1.17 bits per heavy atom. The van der Waals surface area contributed by atoms with Crippen LogP contribution in [0, 0.1) is 10.1 Å². The molecule has 0 N–H and O–H groups in total. The van der Waals surface area contributed by atoms with Crippen LogP contribution in [0.4, 0.5) is 5.69 Å². The number of aromatic nitrogens is 1. The summed E-state index contributed by atoms with van der Waals surface area (Å²) >= 11 is 1.27. The maximum atomic E-state index is 12.4. The fourth-order valence-corrected chi connectivity index (χ4v) is 3.59. The average Bonchev–Trinajstić information content (AvgIpc) is 3.17. The topological polar surface area (TPSA) is 113 Å². The lowest BCUT2D eigenvalue weighted by atomic mass is 10.1. The fraction of sp³-hybridized carbons (Fsp3) is 0.0500. The Hall–Kier alpha value is -3.85. The number of thiazole rings is 1. The molecule has 0 spiro atoms. The summed E-state index contributed by atoms with van der Waals surface area (Å²) in [6, 6.07) is 12.5. The van der Waals surface area contributed by atoms with Crippen LogP contribution in [0.2, 0.25) is 0 Å². The Bertz CT molecular complexity index is 1310. The number of hydrogen-bond acceptors (Lipinski definition) is 8. The van der Waals surface area contributed by atoms with Crippen molar-refractivity contribution in [2.75, 3.05) is 0 Å². The minimum atomic E-state index is -0.568. The normalized spacial score (nSPS) is 10.8. The summed E-state index contributed by atoms with van der Waals surface area (Å²) in [6.07, 6.45) is 0. The highest BCUT2D eigenvalue weighted by atomic mass is 32.1. The zero-order chi connectivity index (χ0) is 20.5. The maximum absolute atomic E-state index is 12.4. The number of non-ortho nitro benzene ring substituents is 1. The van der Waals surface area contributed by atoms with Gasteiger partial charge in [-0.05, 0) is 30.3 Å². The van der Waals surface area contributed by atoms with Gasteiger partial charge in [0.05, 0.1) is 16.2 Å². The first-order valence-corrected chi connectivity index (χ1v) is 9.26. The molecule has 0 fully saturated rings. The molecule has 0 aliphatic heterocycles. The van der Waals surface area contributed by atoms with Gasteiger partial charge in [0.2, 0.25) is 0 Å².